The summed E-state index contributed by atoms with van der Waals surface area (Å²) >= 11 is 9.61. The van der Waals surface area contributed by atoms with E-state index >= 15 is 0 Å². The van der Waals surface area contributed by atoms with Gasteiger partial charge in [-0.15, -0.1) is 0 Å². The Labute approximate surface area is 191 Å². The van der Waals surface area contributed by atoms with Crippen molar-refractivity contribution in [3.63, 3.8) is 0 Å². The second kappa shape index (κ2) is 10.3. The van der Waals surface area contributed by atoms with Crippen LogP contribution >= 0.6 is 27.5 Å². The van der Waals surface area contributed by atoms with Crippen molar-refractivity contribution < 1.29 is 9.59 Å². The van der Waals surface area contributed by atoms with Gasteiger partial charge in [-0.3, -0.25) is 9.59 Å². The highest BCUT2D eigenvalue weighted by molar-refractivity contribution is 9.10. The molecular formula is C23H27BrClN3O2. The van der Waals surface area contributed by atoms with E-state index in [0.29, 0.717) is 36.1 Å². The lowest BCUT2D eigenvalue weighted by atomic mass is 10.1. The minimum atomic E-state index is -0.0911. The fraction of sp³-hybridized carbons (Fsp3) is 0.391. The van der Waals surface area contributed by atoms with Crippen LogP contribution in [0.4, 0.5) is 11.4 Å². The predicted octanol–water partition coefficient (Wildman–Crippen LogP) is 4.98. The second-order valence-corrected chi connectivity index (χ2v) is 9.33. The summed E-state index contributed by atoms with van der Waals surface area (Å²) in [5.41, 5.74) is 2.57. The van der Waals surface area contributed by atoms with Crippen molar-refractivity contribution >= 4 is 50.7 Å². The smallest absolute Gasteiger partial charge is 0.228 e. The largest absolute Gasteiger partial charge is 0.366 e. The molecule has 3 rings (SSSR count). The van der Waals surface area contributed by atoms with Crippen LogP contribution in [0.2, 0.25) is 5.02 Å². The molecule has 1 aliphatic rings. The number of carbonyl (C=O) groups is 2. The topological polar surface area (TPSA) is 52.7 Å². The highest BCUT2D eigenvalue weighted by Crippen LogP contribution is 2.30. The molecule has 0 radical (unpaired) electrons. The van der Waals surface area contributed by atoms with Gasteiger partial charge in [0.2, 0.25) is 11.8 Å². The average molecular weight is 493 g/mol. The molecule has 1 heterocycles. The molecule has 0 aromatic heterocycles. The van der Waals surface area contributed by atoms with E-state index in [4.69, 9.17) is 11.6 Å². The Kier molecular flexibility index (Phi) is 7.78. The molecule has 0 spiro atoms. The molecule has 0 saturated carbocycles. The van der Waals surface area contributed by atoms with E-state index in [0.717, 1.165) is 28.8 Å². The third-order valence-electron chi connectivity index (χ3n) is 5.07. The van der Waals surface area contributed by atoms with Crippen LogP contribution in [0.5, 0.6) is 0 Å². The van der Waals surface area contributed by atoms with Gasteiger partial charge in [0.15, 0.2) is 0 Å². The first-order valence-corrected chi connectivity index (χ1v) is 11.4. The number of hydrogen-bond acceptors (Lipinski definition) is 3. The zero-order valence-corrected chi connectivity index (χ0v) is 19.7. The van der Waals surface area contributed by atoms with E-state index in [-0.39, 0.29) is 18.2 Å². The van der Waals surface area contributed by atoms with Gasteiger partial charge in [-0.25, -0.2) is 0 Å². The number of nitrogens with zero attached hydrogens (tertiary/aromatic N) is 2. The van der Waals surface area contributed by atoms with Crippen molar-refractivity contribution in [2.45, 2.75) is 26.7 Å². The number of carbonyl (C=O) groups excluding carboxylic acids is 2. The van der Waals surface area contributed by atoms with Crippen molar-refractivity contribution in [1.82, 2.24) is 4.90 Å². The highest BCUT2D eigenvalue weighted by atomic mass is 79.9. The third-order valence-corrected chi connectivity index (χ3v) is 5.83. The maximum absolute atomic E-state index is 12.6. The zero-order chi connectivity index (χ0) is 21.7. The molecule has 0 aliphatic carbocycles. The van der Waals surface area contributed by atoms with E-state index in [9.17, 15) is 9.59 Å². The predicted molar refractivity (Wildman–Crippen MR) is 126 cm³/mol. The monoisotopic (exact) mass is 491 g/mol. The minimum Gasteiger partial charge on any atom is -0.366 e. The van der Waals surface area contributed by atoms with Gasteiger partial charge in [-0.2, -0.15) is 0 Å². The van der Waals surface area contributed by atoms with Gasteiger partial charge >= 0.3 is 0 Å². The van der Waals surface area contributed by atoms with Crippen LogP contribution in [-0.4, -0.2) is 42.9 Å². The summed E-state index contributed by atoms with van der Waals surface area (Å²) in [6.07, 6.45) is 0.870. The van der Waals surface area contributed by atoms with Crippen LogP contribution in [-0.2, 0) is 16.0 Å². The number of rotatable bonds is 6. The fourth-order valence-corrected chi connectivity index (χ4v) is 3.98. The Bertz CT molecular complexity index is 894. The van der Waals surface area contributed by atoms with Gasteiger partial charge < -0.3 is 15.1 Å². The van der Waals surface area contributed by atoms with Gasteiger partial charge in [0.05, 0.1) is 17.8 Å². The summed E-state index contributed by atoms with van der Waals surface area (Å²) < 4.78 is 0.981. The molecule has 5 nitrogen and oxygen atoms in total. The Morgan fingerprint density at radius 3 is 2.37 bits per heavy atom. The standard InChI is InChI=1S/C23H27BrClN3O2/c1-16(2)13-23(30)28-11-9-27(10-12-28)21-8-7-19(25)15-20(21)26-22(29)14-17-3-5-18(24)6-4-17/h3-8,15-16H,9-14H2,1-2H3,(H,26,29). The lowest BCUT2D eigenvalue weighted by Gasteiger charge is -2.37. The van der Waals surface area contributed by atoms with Gasteiger partial charge in [0.25, 0.3) is 0 Å². The molecule has 2 amide bonds. The van der Waals surface area contributed by atoms with Crippen LogP contribution in [0, 0.1) is 5.92 Å². The number of benzene rings is 2. The zero-order valence-electron chi connectivity index (χ0n) is 17.3. The number of halogens is 2. The lowest BCUT2D eigenvalue weighted by Crippen LogP contribution is -2.49. The Morgan fingerprint density at radius 1 is 1.07 bits per heavy atom. The van der Waals surface area contributed by atoms with E-state index in [1.165, 1.54) is 0 Å². The first-order chi connectivity index (χ1) is 14.3. The molecule has 0 bridgehead atoms. The van der Waals surface area contributed by atoms with Crippen LogP contribution in [0.3, 0.4) is 0 Å². The van der Waals surface area contributed by atoms with Crippen LogP contribution in [0.25, 0.3) is 0 Å². The summed E-state index contributed by atoms with van der Waals surface area (Å²) in [7, 11) is 0. The number of nitrogens with one attached hydrogen (secondary N) is 1. The van der Waals surface area contributed by atoms with Crippen LogP contribution in [0.15, 0.2) is 46.9 Å². The van der Waals surface area contributed by atoms with Crippen molar-refractivity contribution in [3.05, 3.63) is 57.5 Å². The molecule has 7 heteroatoms. The number of piperazine rings is 1. The first-order valence-electron chi connectivity index (χ1n) is 10.2. The highest BCUT2D eigenvalue weighted by Gasteiger charge is 2.23. The second-order valence-electron chi connectivity index (χ2n) is 7.98. The van der Waals surface area contributed by atoms with E-state index in [1.807, 2.05) is 41.3 Å². The van der Waals surface area contributed by atoms with Gasteiger partial charge in [0, 0.05) is 42.1 Å². The van der Waals surface area contributed by atoms with Crippen molar-refractivity contribution in [2.24, 2.45) is 5.92 Å². The normalized spacial score (nSPS) is 14.2. The van der Waals surface area contributed by atoms with Crippen LogP contribution < -0.4 is 10.2 Å². The Morgan fingerprint density at radius 2 is 1.73 bits per heavy atom. The van der Waals surface area contributed by atoms with Crippen molar-refractivity contribution in [2.75, 3.05) is 36.4 Å². The SMILES string of the molecule is CC(C)CC(=O)N1CCN(c2ccc(Cl)cc2NC(=O)Cc2ccc(Br)cc2)CC1. The molecule has 2 aromatic rings. The van der Waals surface area contributed by atoms with Gasteiger partial charge in [0.1, 0.15) is 0 Å². The molecule has 1 aliphatic heterocycles. The lowest BCUT2D eigenvalue weighted by molar-refractivity contribution is -0.132. The van der Waals surface area contributed by atoms with E-state index in [2.05, 4.69) is 40.0 Å². The van der Waals surface area contributed by atoms with Crippen LogP contribution in [0.1, 0.15) is 25.8 Å². The summed E-state index contributed by atoms with van der Waals surface area (Å²) in [5, 5.41) is 3.59. The summed E-state index contributed by atoms with van der Waals surface area (Å²) in [4.78, 5) is 29.1. The van der Waals surface area contributed by atoms with Crippen molar-refractivity contribution in [3.8, 4) is 0 Å². The fourth-order valence-electron chi connectivity index (χ4n) is 3.54. The number of anilines is 2. The quantitative estimate of drug-likeness (QED) is 0.619. The third kappa shape index (κ3) is 6.22. The summed E-state index contributed by atoms with van der Waals surface area (Å²) in [5.74, 6) is 0.481. The molecule has 30 heavy (non-hydrogen) atoms. The molecule has 2 aromatic carbocycles. The van der Waals surface area contributed by atoms with E-state index in [1.54, 1.807) is 6.07 Å². The molecule has 1 N–H and O–H groups in total. The Balaban J connectivity index is 1.66. The number of amides is 2. The maximum atomic E-state index is 12.6. The first kappa shape index (κ1) is 22.6. The average Bonchev–Trinajstić information content (AvgIpc) is 2.69. The molecular weight excluding hydrogens is 466 g/mol. The van der Waals surface area contributed by atoms with Crippen molar-refractivity contribution in [1.29, 1.82) is 0 Å². The summed E-state index contributed by atoms with van der Waals surface area (Å²) in [6.45, 7) is 6.93. The molecule has 160 valence electrons. The Hall–Kier alpha value is -2.05. The molecule has 0 unspecified atom stereocenters. The molecule has 0 atom stereocenters. The molecule has 1 saturated heterocycles. The van der Waals surface area contributed by atoms with Gasteiger partial charge in [-0.05, 0) is 41.8 Å². The summed E-state index contributed by atoms with van der Waals surface area (Å²) in [6, 6.07) is 13.3. The maximum Gasteiger partial charge on any atom is 0.228 e. The number of hydrogen-bond donors (Lipinski definition) is 1. The van der Waals surface area contributed by atoms with Gasteiger partial charge in [-0.1, -0.05) is 53.5 Å². The van der Waals surface area contributed by atoms with E-state index < -0.39 is 0 Å². The molecule has 1 fully saturated rings. The minimum absolute atomic E-state index is 0.0911.